The first-order valence-corrected chi connectivity index (χ1v) is 11.3. The van der Waals surface area contributed by atoms with E-state index in [0.717, 1.165) is 50.7 Å². The Morgan fingerprint density at radius 1 is 1.15 bits per heavy atom. The number of rotatable bonds is 7. The van der Waals surface area contributed by atoms with Gasteiger partial charge in [0, 0.05) is 46.8 Å². The lowest BCUT2D eigenvalue weighted by atomic mass is 9.92. The summed E-state index contributed by atoms with van der Waals surface area (Å²) in [5.74, 6) is 1.25. The molecule has 0 bridgehead atoms. The van der Waals surface area contributed by atoms with Crippen LogP contribution in [0.5, 0.6) is 0 Å². The van der Waals surface area contributed by atoms with Gasteiger partial charge in [-0.25, -0.2) is 0 Å². The van der Waals surface area contributed by atoms with Crippen molar-refractivity contribution in [3.05, 3.63) is 0 Å². The molecule has 1 N–H and O–H groups in total. The summed E-state index contributed by atoms with van der Waals surface area (Å²) in [6.45, 7) is 9.37. The molecule has 2 aliphatic rings. The fraction of sp³-hybridized carbons (Fsp3) is 0.944. The predicted molar refractivity (Wildman–Crippen MR) is 104 cm³/mol. The first-order chi connectivity index (χ1) is 12.2. The summed E-state index contributed by atoms with van der Waals surface area (Å²) in [5.41, 5.74) is 0. The highest BCUT2D eigenvalue weighted by Crippen LogP contribution is 2.21. The number of amides is 1. The van der Waals surface area contributed by atoms with Crippen LogP contribution in [0.3, 0.4) is 0 Å². The van der Waals surface area contributed by atoms with Gasteiger partial charge in [-0.15, -0.1) is 0 Å². The van der Waals surface area contributed by atoms with E-state index in [1.165, 1.54) is 29.1 Å². The quantitative estimate of drug-likeness (QED) is 0.660. The van der Waals surface area contributed by atoms with E-state index in [9.17, 15) is 13.2 Å². The van der Waals surface area contributed by atoms with E-state index in [2.05, 4.69) is 24.1 Å². The zero-order valence-electron chi connectivity index (χ0n) is 16.8. The molecule has 8 heteroatoms. The molecule has 7 nitrogen and oxygen atoms in total. The van der Waals surface area contributed by atoms with E-state index in [1.807, 2.05) is 0 Å². The zero-order chi connectivity index (χ0) is 19.3. The maximum atomic E-state index is 12.4. The van der Waals surface area contributed by atoms with Gasteiger partial charge in [-0.05, 0) is 44.1 Å². The van der Waals surface area contributed by atoms with Crippen LogP contribution < -0.4 is 5.32 Å². The lowest BCUT2D eigenvalue weighted by Crippen LogP contribution is -2.49. The van der Waals surface area contributed by atoms with Gasteiger partial charge in [0.2, 0.25) is 5.91 Å². The fourth-order valence-corrected chi connectivity index (χ4v) is 5.42. The summed E-state index contributed by atoms with van der Waals surface area (Å²) in [6, 6.07) is 0. The smallest absolute Gasteiger partial charge is 0.281 e. The summed E-state index contributed by atoms with van der Waals surface area (Å²) in [4.78, 5) is 14.9. The molecule has 0 spiro atoms. The number of piperidine rings is 2. The molecule has 2 aliphatic heterocycles. The number of hydrogen-bond donors (Lipinski definition) is 1. The van der Waals surface area contributed by atoms with Gasteiger partial charge < -0.3 is 10.2 Å². The number of nitrogens with zero attached hydrogens (tertiary/aromatic N) is 3. The molecule has 0 aromatic rings. The number of carbonyl (C=O) groups excluding carboxylic acids is 1. The van der Waals surface area contributed by atoms with Crippen molar-refractivity contribution in [3.8, 4) is 0 Å². The van der Waals surface area contributed by atoms with Crippen molar-refractivity contribution < 1.29 is 13.2 Å². The van der Waals surface area contributed by atoms with Gasteiger partial charge in [0.1, 0.15) is 0 Å². The number of carbonyl (C=O) groups is 1. The highest BCUT2D eigenvalue weighted by Gasteiger charge is 2.33. The van der Waals surface area contributed by atoms with Crippen molar-refractivity contribution >= 4 is 16.1 Å². The maximum absolute atomic E-state index is 12.4. The van der Waals surface area contributed by atoms with Crippen molar-refractivity contribution in [2.45, 2.75) is 39.5 Å². The highest BCUT2D eigenvalue weighted by molar-refractivity contribution is 7.86. The Kier molecular flexibility index (Phi) is 7.88. The van der Waals surface area contributed by atoms with Gasteiger partial charge >= 0.3 is 0 Å². The van der Waals surface area contributed by atoms with Crippen LogP contribution in [0, 0.1) is 17.8 Å². The van der Waals surface area contributed by atoms with Crippen LogP contribution in [0.25, 0.3) is 0 Å². The van der Waals surface area contributed by atoms with E-state index in [-0.39, 0.29) is 18.4 Å². The van der Waals surface area contributed by atoms with Crippen molar-refractivity contribution in [1.82, 2.24) is 18.8 Å². The lowest BCUT2D eigenvalue weighted by molar-refractivity contribution is -0.126. The zero-order valence-corrected chi connectivity index (χ0v) is 17.6. The molecule has 152 valence electrons. The molecule has 0 aromatic heterocycles. The van der Waals surface area contributed by atoms with Crippen molar-refractivity contribution in [1.29, 1.82) is 0 Å². The van der Waals surface area contributed by atoms with E-state index >= 15 is 0 Å². The normalized spacial score (nSPS) is 29.0. The number of likely N-dealkylation sites (tertiary alicyclic amines) is 1. The molecule has 1 amide bonds. The van der Waals surface area contributed by atoms with Gasteiger partial charge in [-0.2, -0.15) is 17.0 Å². The van der Waals surface area contributed by atoms with Crippen LogP contribution in [0.2, 0.25) is 0 Å². The SMILES string of the molecule is CC1CC(C)CN(CCCNC(=O)C2CCCN(S(=O)(=O)N(C)C)C2)C1. The molecule has 2 saturated heterocycles. The third kappa shape index (κ3) is 5.90. The summed E-state index contributed by atoms with van der Waals surface area (Å²) in [7, 11) is -0.378. The topological polar surface area (TPSA) is 73.0 Å². The van der Waals surface area contributed by atoms with Crippen molar-refractivity contribution in [2.24, 2.45) is 17.8 Å². The van der Waals surface area contributed by atoms with Crippen LogP contribution in [-0.4, -0.2) is 81.2 Å². The standard InChI is InChI=1S/C18H36N4O3S/c1-15-11-16(2)13-21(12-15)9-6-8-19-18(23)17-7-5-10-22(14-17)26(24,25)20(3)4/h15-17H,5-14H2,1-4H3,(H,19,23). The third-order valence-corrected chi connectivity index (χ3v) is 7.34. The average molecular weight is 389 g/mol. The van der Waals surface area contributed by atoms with E-state index in [0.29, 0.717) is 13.1 Å². The Morgan fingerprint density at radius 3 is 2.42 bits per heavy atom. The molecule has 0 aromatic carbocycles. The lowest BCUT2D eigenvalue weighted by Gasteiger charge is -2.35. The summed E-state index contributed by atoms with van der Waals surface area (Å²) < 4.78 is 27.2. The van der Waals surface area contributed by atoms with Gasteiger partial charge in [-0.1, -0.05) is 13.8 Å². The van der Waals surface area contributed by atoms with E-state index in [4.69, 9.17) is 0 Å². The average Bonchev–Trinajstić information content (AvgIpc) is 2.57. The van der Waals surface area contributed by atoms with E-state index in [1.54, 1.807) is 0 Å². The number of hydrogen-bond acceptors (Lipinski definition) is 4. The van der Waals surface area contributed by atoms with Crippen molar-refractivity contribution in [3.63, 3.8) is 0 Å². The molecule has 2 heterocycles. The minimum Gasteiger partial charge on any atom is -0.356 e. The molecule has 2 rings (SSSR count). The van der Waals surface area contributed by atoms with Crippen molar-refractivity contribution in [2.75, 3.05) is 53.4 Å². The molecule has 0 saturated carbocycles. The Labute approximate surface area is 159 Å². The van der Waals surface area contributed by atoms with Gasteiger partial charge in [0.15, 0.2) is 0 Å². The van der Waals surface area contributed by atoms with Crippen LogP contribution in [0.1, 0.15) is 39.5 Å². The first kappa shape index (κ1) is 21.6. The Morgan fingerprint density at radius 2 is 1.81 bits per heavy atom. The molecule has 3 atom stereocenters. The van der Waals surface area contributed by atoms with Gasteiger partial charge in [0.25, 0.3) is 10.2 Å². The second kappa shape index (κ2) is 9.48. The largest absolute Gasteiger partial charge is 0.356 e. The van der Waals surface area contributed by atoms with Crippen LogP contribution in [-0.2, 0) is 15.0 Å². The Hall–Kier alpha value is -0.700. The van der Waals surface area contributed by atoms with Crippen LogP contribution >= 0.6 is 0 Å². The summed E-state index contributed by atoms with van der Waals surface area (Å²) in [5, 5.41) is 3.01. The van der Waals surface area contributed by atoms with Gasteiger partial charge in [-0.3, -0.25) is 4.79 Å². The minimum absolute atomic E-state index is 0.0102. The van der Waals surface area contributed by atoms with E-state index < -0.39 is 10.2 Å². The predicted octanol–water partition coefficient (Wildman–Crippen LogP) is 0.989. The molecule has 2 fully saturated rings. The Balaban J connectivity index is 1.72. The minimum atomic E-state index is -3.44. The van der Waals surface area contributed by atoms with Gasteiger partial charge in [0.05, 0.1) is 5.92 Å². The monoisotopic (exact) mass is 388 g/mol. The maximum Gasteiger partial charge on any atom is 0.281 e. The second-order valence-corrected chi connectivity index (χ2v) is 10.5. The summed E-state index contributed by atoms with van der Waals surface area (Å²) in [6.07, 6.45) is 3.74. The molecule has 0 aliphatic carbocycles. The third-order valence-electron chi connectivity index (χ3n) is 5.44. The van der Waals surface area contributed by atoms with Crippen LogP contribution in [0.15, 0.2) is 0 Å². The molecule has 0 radical (unpaired) electrons. The highest BCUT2D eigenvalue weighted by atomic mass is 32.2. The number of nitrogens with one attached hydrogen (secondary N) is 1. The molecular formula is C18H36N4O3S. The first-order valence-electron chi connectivity index (χ1n) is 9.87. The molecule has 3 unspecified atom stereocenters. The summed E-state index contributed by atoms with van der Waals surface area (Å²) >= 11 is 0. The van der Waals surface area contributed by atoms with Crippen LogP contribution in [0.4, 0.5) is 0 Å². The second-order valence-electron chi connectivity index (χ2n) is 8.34. The molecule has 26 heavy (non-hydrogen) atoms. The molecular weight excluding hydrogens is 352 g/mol. The Bertz CT molecular complexity index is 557. The fourth-order valence-electron chi connectivity index (χ4n) is 4.23.